The van der Waals surface area contributed by atoms with Gasteiger partial charge in [-0.2, -0.15) is 0 Å². The van der Waals surface area contributed by atoms with E-state index in [-0.39, 0.29) is 6.61 Å². The molecule has 0 bridgehead atoms. The van der Waals surface area contributed by atoms with Crippen LogP contribution in [-0.2, 0) is 19.1 Å². The molecule has 186 valence electrons. The lowest BCUT2D eigenvalue weighted by molar-refractivity contribution is -0.152. The molecule has 1 aromatic carbocycles. The summed E-state index contributed by atoms with van der Waals surface area (Å²) in [4.78, 5) is 40.0. The molecule has 0 saturated carbocycles. The van der Waals surface area contributed by atoms with E-state index in [1.807, 2.05) is 18.2 Å². The van der Waals surface area contributed by atoms with Gasteiger partial charge in [0.1, 0.15) is 17.7 Å². The first-order valence-corrected chi connectivity index (χ1v) is 11.3. The quantitative estimate of drug-likeness (QED) is 0.606. The van der Waals surface area contributed by atoms with E-state index in [2.05, 4.69) is 10.5 Å². The predicted octanol–water partition coefficient (Wildman–Crippen LogP) is 3.29. The van der Waals surface area contributed by atoms with Crippen LogP contribution in [0.1, 0.15) is 47.5 Å². The normalized spacial score (nSPS) is 17.4. The van der Waals surface area contributed by atoms with E-state index in [0.717, 1.165) is 0 Å². The number of amides is 2. The van der Waals surface area contributed by atoms with Gasteiger partial charge in [0.05, 0.1) is 19.1 Å². The molecule has 1 fully saturated rings. The topological polar surface area (TPSA) is 120 Å². The van der Waals surface area contributed by atoms with Crippen molar-refractivity contribution in [2.24, 2.45) is 5.41 Å². The summed E-state index contributed by atoms with van der Waals surface area (Å²) in [6.45, 7) is 9.21. The smallest absolute Gasteiger partial charge is 0.408 e. The zero-order valence-corrected chi connectivity index (χ0v) is 20.5. The van der Waals surface area contributed by atoms with Gasteiger partial charge in [-0.25, -0.2) is 9.59 Å². The monoisotopic (exact) mass is 475 g/mol. The van der Waals surface area contributed by atoms with Gasteiger partial charge in [-0.1, -0.05) is 26.0 Å². The number of fused-ring (bicyclic) bond motifs is 1. The summed E-state index contributed by atoms with van der Waals surface area (Å²) in [7, 11) is 1.29. The van der Waals surface area contributed by atoms with E-state index >= 15 is 0 Å². The number of aromatic nitrogens is 1. The molecule has 2 heterocycles. The Labute approximate surface area is 198 Å². The van der Waals surface area contributed by atoms with E-state index in [0.29, 0.717) is 36.2 Å². The van der Waals surface area contributed by atoms with Gasteiger partial charge in [-0.15, -0.1) is 0 Å². The maximum Gasteiger partial charge on any atom is 0.408 e. The molecule has 2 unspecified atom stereocenters. The number of nitrogens with zero attached hydrogens (tertiary/aromatic N) is 2. The maximum absolute atomic E-state index is 13.7. The molecule has 10 heteroatoms. The number of rotatable bonds is 7. The summed E-state index contributed by atoms with van der Waals surface area (Å²) in [5.74, 6) is -0.594. The average molecular weight is 476 g/mol. The molecule has 34 heavy (non-hydrogen) atoms. The highest BCUT2D eigenvalue weighted by atomic mass is 16.6. The molecule has 2 aromatic rings. The van der Waals surface area contributed by atoms with Gasteiger partial charge < -0.3 is 29.0 Å². The highest BCUT2D eigenvalue weighted by Gasteiger charge is 2.45. The lowest BCUT2D eigenvalue weighted by Crippen LogP contribution is -2.59. The van der Waals surface area contributed by atoms with Gasteiger partial charge >= 0.3 is 12.1 Å². The third-order valence-corrected chi connectivity index (χ3v) is 5.62. The highest BCUT2D eigenvalue weighted by molar-refractivity contribution is 5.91. The van der Waals surface area contributed by atoms with Crippen LogP contribution in [0, 0.1) is 5.41 Å². The molecule has 0 radical (unpaired) electrons. The van der Waals surface area contributed by atoms with E-state index in [1.54, 1.807) is 40.7 Å². The number of nitrogens with one attached hydrogen (secondary N) is 1. The summed E-state index contributed by atoms with van der Waals surface area (Å²) < 4.78 is 21.5. The highest BCUT2D eigenvalue weighted by Crippen LogP contribution is 2.30. The number of likely N-dealkylation sites (tertiary alicyclic amines) is 1. The Hall–Kier alpha value is -3.30. The van der Waals surface area contributed by atoms with Crippen LogP contribution in [0.2, 0.25) is 0 Å². The Kier molecular flexibility index (Phi) is 7.38. The van der Waals surface area contributed by atoms with E-state index in [9.17, 15) is 14.4 Å². The SMILES string of the molecule is COC(=O)C1CCCN1C(=O)C(NC(=O)OC(C)(C)C)C(C)(C)COc1noc2ccccc12. The number of hydrogen-bond acceptors (Lipinski definition) is 8. The van der Waals surface area contributed by atoms with Crippen molar-refractivity contribution in [2.75, 3.05) is 20.3 Å². The van der Waals surface area contributed by atoms with Gasteiger partial charge in [-0.05, 0) is 50.9 Å². The lowest BCUT2D eigenvalue weighted by Gasteiger charge is -2.37. The second kappa shape index (κ2) is 9.90. The first-order chi connectivity index (χ1) is 15.9. The van der Waals surface area contributed by atoms with Crippen LogP contribution in [0.25, 0.3) is 11.0 Å². The van der Waals surface area contributed by atoms with E-state index < -0.39 is 41.1 Å². The first kappa shape index (κ1) is 25.3. The summed E-state index contributed by atoms with van der Waals surface area (Å²) in [6.07, 6.45) is 0.422. The lowest BCUT2D eigenvalue weighted by atomic mass is 9.84. The van der Waals surface area contributed by atoms with Gasteiger partial charge in [0, 0.05) is 12.0 Å². The molecule has 1 saturated heterocycles. The number of ether oxygens (including phenoxy) is 3. The predicted molar refractivity (Wildman–Crippen MR) is 123 cm³/mol. The van der Waals surface area contributed by atoms with Crippen molar-refractivity contribution in [3.8, 4) is 5.88 Å². The van der Waals surface area contributed by atoms with Gasteiger partial charge in [-0.3, -0.25) is 4.79 Å². The van der Waals surface area contributed by atoms with Crippen molar-refractivity contribution < 1.29 is 33.1 Å². The van der Waals surface area contributed by atoms with Crippen molar-refractivity contribution in [3.63, 3.8) is 0 Å². The minimum atomic E-state index is -1.04. The van der Waals surface area contributed by atoms with E-state index in [4.69, 9.17) is 18.7 Å². The average Bonchev–Trinajstić information content (AvgIpc) is 3.41. The number of carbonyl (C=O) groups excluding carboxylic acids is 3. The van der Waals surface area contributed by atoms with E-state index in [1.165, 1.54) is 12.0 Å². The zero-order chi connectivity index (χ0) is 25.1. The largest absolute Gasteiger partial charge is 0.474 e. The van der Waals surface area contributed by atoms with Crippen LogP contribution in [0.5, 0.6) is 5.88 Å². The number of carbonyl (C=O) groups is 3. The minimum absolute atomic E-state index is 0.0342. The molecule has 2 amide bonds. The number of benzene rings is 1. The third kappa shape index (κ3) is 5.78. The minimum Gasteiger partial charge on any atom is -0.474 e. The molecule has 1 aromatic heterocycles. The van der Waals surface area contributed by atoms with Gasteiger partial charge in [0.25, 0.3) is 5.88 Å². The van der Waals surface area contributed by atoms with Crippen LogP contribution < -0.4 is 10.1 Å². The molecular weight excluding hydrogens is 442 g/mol. The molecule has 1 aliphatic heterocycles. The summed E-state index contributed by atoms with van der Waals surface area (Å²) >= 11 is 0. The van der Waals surface area contributed by atoms with Crippen molar-refractivity contribution in [1.29, 1.82) is 0 Å². The van der Waals surface area contributed by atoms with Crippen molar-refractivity contribution in [1.82, 2.24) is 15.4 Å². The van der Waals surface area contributed by atoms with Crippen LogP contribution in [0.3, 0.4) is 0 Å². The molecular formula is C24H33N3O7. The van der Waals surface area contributed by atoms with Crippen molar-refractivity contribution in [2.45, 2.75) is 65.1 Å². The van der Waals surface area contributed by atoms with Crippen LogP contribution in [-0.4, -0.2) is 66.0 Å². The molecule has 0 spiro atoms. The van der Waals surface area contributed by atoms with Crippen LogP contribution >= 0.6 is 0 Å². The van der Waals surface area contributed by atoms with Crippen LogP contribution in [0.15, 0.2) is 28.8 Å². The zero-order valence-electron chi connectivity index (χ0n) is 20.5. The summed E-state index contributed by atoms with van der Waals surface area (Å²) in [6, 6.07) is 5.53. The fourth-order valence-corrected chi connectivity index (χ4v) is 3.90. The number of hydrogen-bond donors (Lipinski definition) is 1. The fourth-order valence-electron chi connectivity index (χ4n) is 3.90. The summed E-state index contributed by atoms with van der Waals surface area (Å²) in [5.41, 5.74) is -1.08. The van der Waals surface area contributed by atoms with Gasteiger partial charge in [0.2, 0.25) is 5.91 Å². The second-order valence-electron chi connectivity index (χ2n) is 10.1. The molecule has 10 nitrogen and oxygen atoms in total. The Balaban J connectivity index is 1.84. The van der Waals surface area contributed by atoms with Gasteiger partial charge in [0.15, 0.2) is 5.58 Å². The third-order valence-electron chi connectivity index (χ3n) is 5.62. The fraction of sp³-hybridized carbons (Fsp3) is 0.583. The number of para-hydroxylation sites is 1. The van der Waals surface area contributed by atoms with Crippen molar-refractivity contribution >= 4 is 28.9 Å². The number of methoxy groups -OCH3 is 1. The first-order valence-electron chi connectivity index (χ1n) is 11.3. The van der Waals surface area contributed by atoms with Crippen molar-refractivity contribution in [3.05, 3.63) is 24.3 Å². The maximum atomic E-state index is 13.7. The number of alkyl carbamates (subject to hydrolysis) is 1. The standard InChI is InChI=1S/C24H33N3O7/c1-23(2,3)33-22(30)25-18(20(28)27-13-9-11-16(27)21(29)31-6)24(4,5)14-32-19-15-10-7-8-12-17(15)34-26-19/h7-8,10,12,16,18H,9,11,13-14H2,1-6H3,(H,25,30). The Morgan fingerprint density at radius 1 is 1.21 bits per heavy atom. The van der Waals surface area contributed by atoms with Crippen LogP contribution in [0.4, 0.5) is 4.79 Å². The Morgan fingerprint density at radius 2 is 1.91 bits per heavy atom. The summed E-state index contributed by atoms with van der Waals surface area (Å²) in [5, 5.41) is 7.38. The second-order valence-corrected chi connectivity index (χ2v) is 10.1. The molecule has 0 aliphatic carbocycles. The number of esters is 1. The molecule has 1 N–H and O–H groups in total. The Morgan fingerprint density at radius 3 is 2.59 bits per heavy atom. The molecule has 1 aliphatic rings. The molecule has 2 atom stereocenters. The Bertz CT molecular complexity index is 1040. The molecule has 3 rings (SSSR count).